The van der Waals surface area contributed by atoms with Crippen molar-refractivity contribution < 1.29 is 26.7 Å². The Labute approximate surface area is 184 Å². The van der Waals surface area contributed by atoms with Crippen molar-refractivity contribution in [3.05, 3.63) is 83.4 Å². The summed E-state index contributed by atoms with van der Waals surface area (Å²) in [6.07, 6.45) is -1.33. The molecule has 0 aliphatic carbocycles. The van der Waals surface area contributed by atoms with Gasteiger partial charge in [0.25, 0.3) is 15.9 Å². The number of hydrogen-bond donors (Lipinski definition) is 1. The normalized spacial score (nSPS) is 15.6. The Bertz CT molecular complexity index is 1270. The molecule has 0 unspecified atom stereocenters. The van der Waals surface area contributed by atoms with Crippen molar-refractivity contribution in [1.82, 2.24) is 0 Å². The van der Waals surface area contributed by atoms with Gasteiger partial charge in [0.15, 0.2) is 6.10 Å². The summed E-state index contributed by atoms with van der Waals surface area (Å²) >= 11 is 0. The fraction of sp³-hybridized carbons (Fsp3) is 0.174. The molecule has 1 N–H and O–H groups in total. The first-order valence-corrected chi connectivity index (χ1v) is 11.2. The Morgan fingerprint density at radius 1 is 1.00 bits per heavy atom. The molecule has 0 bridgehead atoms. The standard InChI is InChI=1S/C23H20F2N2O4S/c1-14-6-9-16(10-7-14)32(29,30)27-13-21(31-20-11-8-15(2)12-19(20)27)23(28)26-22-17(24)4-3-5-18(22)25/h3-12,21H,13H2,1-2H3,(H,26,28)/t21-/m0/s1. The molecular weight excluding hydrogens is 438 g/mol. The van der Waals surface area contributed by atoms with Gasteiger partial charge in [-0.05, 0) is 55.8 Å². The molecule has 1 aliphatic heterocycles. The van der Waals surface area contributed by atoms with E-state index in [1.54, 1.807) is 37.3 Å². The minimum atomic E-state index is -4.04. The second-order valence-electron chi connectivity index (χ2n) is 7.51. The van der Waals surface area contributed by atoms with Gasteiger partial charge in [-0.15, -0.1) is 0 Å². The quantitative estimate of drug-likeness (QED) is 0.637. The fourth-order valence-electron chi connectivity index (χ4n) is 3.38. The van der Waals surface area contributed by atoms with Crippen LogP contribution >= 0.6 is 0 Å². The van der Waals surface area contributed by atoms with E-state index in [1.165, 1.54) is 18.2 Å². The Morgan fingerprint density at radius 2 is 1.62 bits per heavy atom. The van der Waals surface area contributed by atoms with Crippen LogP contribution in [0.15, 0.2) is 65.6 Å². The highest BCUT2D eigenvalue weighted by Gasteiger charge is 2.38. The molecular formula is C23H20F2N2O4S. The van der Waals surface area contributed by atoms with E-state index in [2.05, 4.69) is 5.32 Å². The van der Waals surface area contributed by atoms with Crippen LogP contribution in [0, 0.1) is 25.5 Å². The number of carbonyl (C=O) groups is 1. The molecule has 0 radical (unpaired) electrons. The van der Waals surface area contributed by atoms with Crippen LogP contribution in [0.25, 0.3) is 0 Å². The number of carbonyl (C=O) groups excluding carboxylic acids is 1. The molecule has 1 atom stereocenters. The summed E-state index contributed by atoms with van der Waals surface area (Å²) in [5.74, 6) is -2.60. The lowest BCUT2D eigenvalue weighted by molar-refractivity contribution is -0.122. The van der Waals surface area contributed by atoms with Crippen LogP contribution in [0.2, 0.25) is 0 Å². The third kappa shape index (κ3) is 4.03. The van der Waals surface area contributed by atoms with Crippen molar-refractivity contribution in [3.63, 3.8) is 0 Å². The van der Waals surface area contributed by atoms with Crippen molar-refractivity contribution in [2.24, 2.45) is 0 Å². The van der Waals surface area contributed by atoms with Gasteiger partial charge in [0.1, 0.15) is 23.1 Å². The molecule has 3 aromatic rings. The monoisotopic (exact) mass is 458 g/mol. The van der Waals surface area contributed by atoms with Gasteiger partial charge < -0.3 is 10.1 Å². The number of para-hydroxylation sites is 1. The van der Waals surface area contributed by atoms with E-state index in [-0.39, 0.29) is 22.9 Å². The number of sulfonamides is 1. The van der Waals surface area contributed by atoms with Crippen molar-refractivity contribution in [1.29, 1.82) is 0 Å². The van der Waals surface area contributed by atoms with E-state index >= 15 is 0 Å². The van der Waals surface area contributed by atoms with Crippen LogP contribution in [-0.4, -0.2) is 27.0 Å². The maximum atomic E-state index is 14.0. The molecule has 0 spiro atoms. The van der Waals surface area contributed by atoms with Crippen molar-refractivity contribution in [2.75, 3.05) is 16.2 Å². The Kier molecular flexibility index (Phi) is 5.60. The number of aryl methyl sites for hydroxylation is 2. The van der Waals surface area contributed by atoms with Gasteiger partial charge in [-0.3, -0.25) is 9.10 Å². The summed E-state index contributed by atoms with van der Waals surface area (Å²) in [5, 5.41) is 2.17. The summed E-state index contributed by atoms with van der Waals surface area (Å²) < 4.78 is 61.6. The number of halogens is 2. The summed E-state index contributed by atoms with van der Waals surface area (Å²) in [5.41, 5.74) is 1.36. The highest BCUT2D eigenvalue weighted by atomic mass is 32.2. The van der Waals surface area contributed by atoms with E-state index < -0.39 is 39.4 Å². The predicted molar refractivity (Wildman–Crippen MR) is 116 cm³/mol. The van der Waals surface area contributed by atoms with Crippen LogP contribution in [-0.2, 0) is 14.8 Å². The van der Waals surface area contributed by atoms with Crippen molar-refractivity contribution in [3.8, 4) is 5.75 Å². The number of nitrogens with zero attached hydrogens (tertiary/aromatic N) is 1. The summed E-state index contributed by atoms with van der Waals surface area (Å²) in [7, 11) is -4.04. The molecule has 1 aliphatic rings. The maximum Gasteiger partial charge on any atom is 0.267 e. The number of ether oxygens (including phenoxy) is 1. The van der Waals surface area contributed by atoms with Crippen LogP contribution in [0.4, 0.5) is 20.2 Å². The van der Waals surface area contributed by atoms with Gasteiger partial charge >= 0.3 is 0 Å². The third-order valence-corrected chi connectivity index (χ3v) is 6.89. The Morgan fingerprint density at radius 3 is 2.28 bits per heavy atom. The zero-order valence-corrected chi connectivity index (χ0v) is 18.1. The minimum Gasteiger partial charge on any atom is -0.476 e. The minimum absolute atomic E-state index is 0.0526. The van der Waals surface area contributed by atoms with Crippen molar-refractivity contribution >= 4 is 27.3 Å². The number of amides is 1. The molecule has 1 amide bonds. The van der Waals surface area contributed by atoms with Crippen LogP contribution in [0.5, 0.6) is 5.75 Å². The number of hydrogen-bond acceptors (Lipinski definition) is 4. The van der Waals surface area contributed by atoms with E-state index in [9.17, 15) is 22.0 Å². The van der Waals surface area contributed by atoms with Crippen LogP contribution < -0.4 is 14.4 Å². The largest absolute Gasteiger partial charge is 0.476 e. The van der Waals surface area contributed by atoms with Gasteiger partial charge in [0, 0.05) is 0 Å². The van der Waals surface area contributed by atoms with E-state index in [0.717, 1.165) is 27.6 Å². The molecule has 166 valence electrons. The molecule has 0 fully saturated rings. The Hall–Kier alpha value is -3.46. The summed E-state index contributed by atoms with van der Waals surface area (Å²) in [4.78, 5) is 12.9. The zero-order chi connectivity index (χ0) is 23.0. The second-order valence-corrected chi connectivity index (χ2v) is 9.38. The number of anilines is 2. The highest BCUT2D eigenvalue weighted by Crippen LogP contribution is 2.38. The topological polar surface area (TPSA) is 75.7 Å². The van der Waals surface area contributed by atoms with E-state index in [4.69, 9.17) is 4.74 Å². The van der Waals surface area contributed by atoms with E-state index in [1.807, 2.05) is 6.92 Å². The average Bonchev–Trinajstić information content (AvgIpc) is 2.75. The molecule has 3 aromatic carbocycles. The molecule has 1 heterocycles. The third-order valence-electron chi connectivity index (χ3n) is 5.10. The highest BCUT2D eigenvalue weighted by molar-refractivity contribution is 7.92. The average molecular weight is 458 g/mol. The van der Waals surface area contributed by atoms with Crippen LogP contribution in [0.3, 0.4) is 0 Å². The van der Waals surface area contributed by atoms with Gasteiger partial charge in [0.05, 0.1) is 17.1 Å². The molecule has 6 nitrogen and oxygen atoms in total. The van der Waals surface area contributed by atoms with Crippen LogP contribution in [0.1, 0.15) is 11.1 Å². The second kappa shape index (κ2) is 8.23. The van der Waals surface area contributed by atoms with Gasteiger partial charge in [-0.1, -0.05) is 29.8 Å². The molecule has 0 aromatic heterocycles. The Balaban J connectivity index is 1.71. The first kappa shape index (κ1) is 21.8. The SMILES string of the molecule is Cc1ccc(S(=O)(=O)N2C[C@@H](C(=O)Nc3c(F)cccc3F)Oc3ccc(C)cc32)cc1. The number of benzene rings is 3. The van der Waals surface area contributed by atoms with Gasteiger partial charge in [-0.25, -0.2) is 17.2 Å². The molecule has 32 heavy (non-hydrogen) atoms. The maximum absolute atomic E-state index is 14.0. The van der Waals surface area contributed by atoms with E-state index in [0.29, 0.717) is 0 Å². The predicted octanol–water partition coefficient (Wildman–Crippen LogP) is 4.18. The lowest BCUT2D eigenvalue weighted by atomic mass is 10.1. The van der Waals surface area contributed by atoms with Crippen molar-refractivity contribution in [2.45, 2.75) is 24.8 Å². The fourth-order valence-corrected chi connectivity index (χ4v) is 4.85. The smallest absolute Gasteiger partial charge is 0.267 e. The molecule has 0 saturated carbocycles. The molecule has 0 saturated heterocycles. The first-order chi connectivity index (χ1) is 15.2. The summed E-state index contributed by atoms with van der Waals surface area (Å²) in [6, 6.07) is 14.4. The number of nitrogens with one attached hydrogen (secondary N) is 1. The van der Waals surface area contributed by atoms with Gasteiger partial charge in [-0.2, -0.15) is 0 Å². The lowest BCUT2D eigenvalue weighted by Gasteiger charge is -2.35. The molecule has 4 rings (SSSR count). The number of fused-ring (bicyclic) bond motifs is 1. The van der Waals surface area contributed by atoms with Gasteiger partial charge in [0.2, 0.25) is 0 Å². The lowest BCUT2D eigenvalue weighted by Crippen LogP contribution is -2.49. The number of rotatable bonds is 4. The first-order valence-electron chi connectivity index (χ1n) is 9.78. The summed E-state index contributed by atoms with van der Waals surface area (Å²) in [6.45, 7) is 3.28. The zero-order valence-electron chi connectivity index (χ0n) is 17.3. The molecule has 9 heteroatoms.